The second-order valence-electron chi connectivity index (χ2n) is 6.51. The number of carbonyl (C=O) groups is 2. The predicted molar refractivity (Wildman–Crippen MR) is 93.4 cm³/mol. The van der Waals surface area contributed by atoms with E-state index in [2.05, 4.69) is 0 Å². The van der Waals surface area contributed by atoms with Gasteiger partial charge in [0.25, 0.3) is 0 Å². The van der Waals surface area contributed by atoms with Crippen LogP contribution in [0.2, 0.25) is 0 Å². The first kappa shape index (κ1) is 17.7. The molecule has 0 amide bonds. The van der Waals surface area contributed by atoms with Crippen molar-refractivity contribution in [2.24, 2.45) is 0 Å². The average Bonchev–Trinajstić information content (AvgIpc) is 3.58. The van der Waals surface area contributed by atoms with E-state index in [1.165, 1.54) is 18.2 Å². The normalized spacial score (nSPS) is 21.6. The van der Waals surface area contributed by atoms with Crippen LogP contribution in [0.5, 0.6) is 11.5 Å². The van der Waals surface area contributed by atoms with Gasteiger partial charge < -0.3 is 24.4 Å². The van der Waals surface area contributed by atoms with Gasteiger partial charge in [-0.05, 0) is 12.1 Å². The van der Waals surface area contributed by atoms with Crippen LogP contribution in [0.1, 0.15) is 31.8 Å². The van der Waals surface area contributed by atoms with Gasteiger partial charge in [-0.2, -0.15) is 0 Å². The Morgan fingerprint density at radius 1 is 0.852 bits per heavy atom. The molecule has 27 heavy (non-hydrogen) atoms. The Kier molecular flexibility index (Phi) is 4.65. The van der Waals surface area contributed by atoms with Gasteiger partial charge in [-0.25, -0.2) is 0 Å². The molecule has 0 spiro atoms. The molecule has 2 N–H and O–H groups in total. The molecule has 0 radical (unpaired) electrons. The van der Waals surface area contributed by atoms with Crippen molar-refractivity contribution in [3.63, 3.8) is 0 Å². The Morgan fingerprint density at radius 2 is 1.41 bits per heavy atom. The summed E-state index contributed by atoms with van der Waals surface area (Å²) in [7, 11) is 0. The van der Waals surface area contributed by atoms with Gasteiger partial charge in [-0.3, -0.25) is 9.59 Å². The van der Waals surface area contributed by atoms with E-state index in [-0.39, 0.29) is 22.5 Å². The smallest absolute Gasteiger partial charge is 0.198 e. The molecule has 3 aliphatic rings. The highest BCUT2D eigenvalue weighted by atomic mass is 16.6. The SMILES string of the molecule is C(OCC1CO1)C1CO1.O=C1c2ccccc2C(=O)c2c1ccc(O)c2O. The summed E-state index contributed by atoms with van der Waals surface area (Å²) in [6.45, 7) is 3.26. The van der Waals surface area contributed by atoms with E-state index in [9.17, 15) is 19.8 Å². The number of hydrogen-bond donors (Lipinski definition) is 2. The topological polar surface area (TPSA) is 109 Å². The monoisotopic (exact) mass is 370 g/mol. The number of carbonyl (C=O) groups excluding carboxylic acids is 2. The molecule has 2 heterocycles. The number of phenolic OH excluding ortho intramolecular Hbond substituents is 2. The molecular weight excluding hydrogens is 352 g/mol. The molecule has 5 rings (SSSR count). The largest absolute Gasteiger partial charge is 0.504 e. The number of ketones is 2. The molecule has 2 fully saturated rings. The lowest BCUT2D eigenvalue weighted by molar-refractivity contribution is 0.0976. The van der Waals surface area contributed by atoms with Crippen LogP contribution in [0.4, 0.5) is 0 Å². The predicted octanol–water partition coefficient (Wildman–Crippen LogP) is 1.67. The van der Waals surface area contributed by atoms with Crippen LogP contribution in [0.25, 0.3) is 0 Å². The van der Waals surface area contributed by atoms with Gasteiger partial charge in [0.15, 0.2) is 23.1 Å². The summed E-state index contributed by atoms with van der Waals surface area (Å²) in [5, 5.41) is 19.1. The van der Waals surface area contributed by atoms with Crippen LogP contribution in [0, 0.1) is 0 Å². The Hall–Kier alpha value is -2.74. The highest BCUT2D eigenvalue weighted by Crippen LogP contribution is 2.37. The highest BCUT2D eigenvalue weighted by Gasteiger charge is 2.32. The van der Waals surface area contributed by atoms with Gasteiger partial charge in [0, 0.05) is 16.7 Å². The van der Waals surface area contributed by atoms with Crippen molar-refractivity contribution in [2.45, 2.75) is 12.2 Å². The second kappa shape index (κ2) is 7.11. The van der Waals surface area contributed by atoms with Crippen molar-refractivity contribution in [1.82, 2.24) is 0 Å². The number of aromatic hydroxyl groups is 2. The molecule has 2 atom stereocenters. The minimum atomic E-state index is -0.541. The van der Waals surface area contributed by atoms with E-state index in [4.69, 9.17) is 14.2 Å². The number of epoxide rings is 2. The van der Waals surface area contributed by atoms with Crippen molar-refractivity contribution < 1.29 is 34.0 Å². The van der Waals surface area contributed by atoms with Crippen LogP contribution in [0.3, 0.4) is 0 Å². The second-order valence-corrected chi connectivity index (χ2v) is 6.51. The molecular formula is C20H18O7. The summed E-state index contributed by atoms with van der Waals surface area (Å²) in [4.78, 5) is 24.4. The molecule has 2 saturated heterocycles. The van der Waals surface area contributed by atoms with Crippen LogP contribution < -0.4 is 0 Å². The summed E-state index contributed by atoms with van der Waals surface area (Å²) < 4.78 is 15.1. The number of ether oxygens (including phenoxy) is 3. The van der Waals surface area contributed by atoms with Crippen molar-refractivity contribution in [1.29, 1.82) is 0 Å². The molecule has 1 aliphatic carbocycles. The molecule has 2 unspecified atom stereocenters. The van der Waals surface area contributed by atoms with E-state index in [1.807, 2.05) is 0 Å². The fourth-order valence-electron chi connectivity index (χ4n) is 2.82. The first-order valence-electron chi connectivity index (χ1n) is 8.60. The van der Waals surface area contributed by atoms with Gasteiger partial charge >= 0.3 is 0 Å². The average molecular weight is 370 g/mol. The zero-order valence-electron chi connectivity index (χ0n) is 14.4. The minimum Gasteiger partial charge on any atom is -0.504 e. The van der Waals surface area contributed by atoms with Crippen LogP contribution in [-0.4, -0.2) is 60.4 Å². The fourth-order valence-corrected chi connectivity index (χ4v) is 2.82. The lowest BCUT2D eigenvalue weighted by Gasteiger charge is -2.18. The third-order valence-electron chi connectivity index (χ3n) is 4.46. The van der Waals surface area contributed by atoms with E-state index in [1.54, 1.807) is 18.2 Å². The zero-order chi connectivity index (χ0) is 19.0. The Bertz CT molecular complexity index is 885. The summed E-state index contributed by atoms with van der Waals surface area (Å²) in [5.74, 6) is -1.72. The minimum absolute atomic E-state index is 0.119. The van der Waals surface area contributed by atoms with Crippen molar-refractivity contribution in [3.05, 3.63) is 58.7 Å². The molecule has 7 nitrogen and oxygen atoms in total. The van der Waals surface area contributed by atoms with Crippen molar-refractivity contribution in [2.75, 3.05) is 26.4 Å². The number of hydrogen-bond acceptors (Lipinski definition) is 7. The van der Waals surface area contributed by atoms with Crippen molar-refractivity contribution in [3.8, 4) is 11.5 Å². The van der Waals surface area contributed by atoms with Crippen LogP contribution >= 0.6 is 0 Å². The lowest BCUT2D eigenvalue weighted by Crippen LogP contribution is -2.20. The lowest BCUT2D eigenvalue weighted by atomic mass is 9.83. The molecule has 0 aromatic heterocycles. The molecule has 0 saturated carbocycles. The fraction of sp³-hybridized carbons (Fsp3) is 0.300. The Labute approximate surface area is 155 Å². The van der Waals surface area contributed by atoms with Gasteiger partial charge in [0.2, 0.25) is 0 Å². The van der Waals surface area contributed by atoms with Gasteiger partial charge in [-0.1, -0.05) is 24.3 Å². The maximum atomic E-state index is 12.2. The number of rotatable bonds is 4. The van der Waals surface area contributed by atoms with Gasteiger partial charge in [0.1, 0.15) is 12.2 Å². The standard InChI is InChI=1S/C14H8O4.C6H10O3/c15-10-6-5-9-11(14(10)18)13(17)8-4-2-1-3-7(8)12(9)16;1(5-3-8-5)7-2-6-4-9-6/h1-6,15,18H;5-6H,1-4H2. The number of benzene rings is 2. The van der Waals surface area contributed by atoms with E-state index in [0.717, 1.165) is 26.4 Å². The third-order valence-corrected chi connectivity index (χ3v) is 4.46. The molecule has 140 valence electrons. The van der Waals surface area contributed by atoms with Crippen molar-refractivity contribution >= 4 is 11.6 Å². The van der Waals surface area contributed by atoms with Gasteiger partial charge in [0.05, 0.1) is 32.0 Å². The molecule has 7 heteroatoms. The molecule has 0 bridgehead atoms. The van der Waals surface area contributed by atoms with Gasteiger partial charge in [-0.15, -0.1) is 0 Å². The maximum absolute atomic E-state index is 12.2. The highest BCUT2D eigenvalue weighted by molar-refractivity contribution is 6.29. The molecule has 2 aromatic carbocycles. The summed E-state index contributed by atoms with van der Waals surface area (Å²) >= 11 is 0. The number of fused-ring (bicyclic) bond motifs is 2. The Morgan fingerprint density at radius 3 is 1.96 bits per heavy atom. The maximum Gasteiger partial charge on any atom is 0.198 e. The molecule has 2 aromatic rings. The van der Waals surface area contributed by atoms with E-state index < -0.39 is 17.3 Å². The summed E-state index contributed by atoms with van der Waals surface area (Å²) in [6.07, 6.45) is 0.785. The Balaban J connectivity index is 0.000000167. The van der Waals surface area contributed by atoms with Crippen LogP contribution in [0.15, 0.2) is 36.4 Å². The third kappa shape index (κ3) is 3.71. The quantitative estimate of drug-likeness (QED) is 0.531. The first-order chi connectivity index (χ1) is 13.1. The first-order valence-corrected chi connectivity index (χ1v) is 8.60. The summed E-state index contributed by atoms with van der Waals surface area (Å²) in [5.41, 5.74) is 0.559. The van der Waals surface area contributed by atoms with Crippen LogP contribution in [-0.2, 0) is 14.2 Å². The molecule has 2 aliphatic heterocycles. The number of phenols is 2. The zero-order valence-corrected chi connectivity index (χ0v) is 14.4. The van der Waals surface area contributed by atoms with E-state index >= 15 is 0 Å². The summed E-state index contributed by atoms with van der Waals surface area (Å²) in [6, 6.07) is 8.97. The van der Waals surface area contributed by atoms with E-state index in [0.29, 0.717) is 17.8 Å².